The molecule has 0 spiro atoms. The van der Waals surface area contributed by atoms with Gasteiger partial charge in [0.1, 0.15) is 11.4 Å². The number of hydrogen-bond donors (Lipinski definition) is 2. The normalized spacial score (nSPS) is 10.1. The van der Waals surface area contributed by atoms with Crippen molar-refractivity contribution in [2.45, 2.75) is 6.92 Å². The van der Waals surface area contributed by atoms with E-state index in [0.717, 1.165) is 6.07 Å². The van der Waals surface area contributed by atoms with E-state index in [1.165, 1.54) is 6.92 Å². The highest BCUT2D eigenvalue weighted by Gasteiger charge is 2.11. The van der Waals surface area contributed by atoms with E-state index in [1.54, 1.807) is 0 Å². The third kappa shape index (κ3) is 1.11. The predicted molar refractivity (Wildman–Crippen MR) is 37.2 cm³/mol. The molecule has 1 aromatic carbocycles. The van der Waals surface area contributed by atoms with Crippen LogP contribution in [0, 0.1) is 18.6 Å². The number of phenolic OH excluding ortho intramolecular Hbond substituents is 1. The first-order chi connectivity index (χ1) is 5.04. The Labute approximate surface area is 62.3 Å². The number of aromatic hydroxyl groups is 1. The van der Waals surface area contributed by atoms with Crippen molar-refractivity contribution >= 4 is 5.69 Å². The number of nitrogen functional groups attached to an aromatic ring is 1. The molecule has 1 rings (SSSR count). The van der Waals surface area contributed by atoms with Crippen molar-refractivity contribution in [2.75, 3.05) is 5.73 Å². The topological polar surface area (TPSA) is 46.2 Å². The summed E-state index contributed by atoms with van der Waals surface area (Å²) < 4.78 is 25.2. The third-order valence-electron chi connectivity index (χ3n) is 1.47. The zero-order chi connectivity index (χ0) is 8.59. The summed E-state index contributed by atoms with van der Waals surface area (Å²) in [5.74, 6) is -2.26. The van der Waals surface area contributed by atoms with E-state index in [4.69, 9.17) is 10.8 Å². The molecule has 3 N–H and O–H groups in total. The first-order valence-corrected chi connectivity index (χ1v) is 2.97. The molecule has 0 bridgehead atoms. The van der Waals surface area contributed by atoms with Crippen LogP contribution in [0.5, 0.6) is 5.75 Å². The summed E-state index contributed by atoms with van der Waals surface area (Å²) in [6.07, 6.45) is 0. The molecule has 2 nitrogen and oxygen atoms in total. The molecular weight excluding hydrogens is 152 g/mol. The fourth-order valence-electron chi connectivity index (χ4n) is 0.725. The van der Waals surface area contributed by atoms with Gasteiger partial charge in [-0.05, 0) is 6.92 Å². The third-order valence-corrected chi connectivity index (χ3v) is 1.47. The fourth-order valence-corrected chi connectivity index (χ4v) is 0.725. The van der Waals surface area contributed by atoms with Crippen LogP contribution >= 0.6 is 0 Å². The van der Waals surface area contributed by atoms with Crippen LogP contribution in [0.15, 0.2) is 6.07 Å². The number of hydrogen-bond acceptors (Lipinski definition) is 2. The summed E-state index contributed by atoms with van der Waals surface area (Å²) in [5.41, 5.74) is 4.40. The van der Waals surface area contributed by atoms with Crippen LogP contribution in [-0.2, 0) is 0 Å². The van der Waals surface area contributed by atoms with Crippen molar-refractivity contribution < 1.29 is 13.9 Å². The number of rotatable bonds is 0. The molecule has 0 atom stereocenters. The Balaban J connectivity index is 3.46. The van der Waals surface area contributed by atoms with Crippen LogP contribution in [0.25, 0.3) is 0 Å². The molecule has 0 amide bonds. The second-order valence-electron chi connectivity index (χ2n) is 2.23. The van der Waals surface area contributed by atoms with Crippen LogP contribution in [0.3, 0.4) is 0 Å². The standard InChI is InChI=1S/C7H7F2NO/c1-3-5(11)2-4(8)7(10)6(3)9/h2,11H,10H2,1H3. The van der Waals surface area contributed by atoms with Crippen LogP contribution in [0.1, 0.15) is 5.56 Å². The SMILES string of the molecule is Cc1c(O)cc(F)c(N)c1F. The Kier molecular flexibility index (Phi) is 1.68. The largest absolute Gasteiger partial charge is 0.507 e. The fraction of sp³-hybridized carbons (Fsp3) is 0.143. The van der Waals surface area contributed by atoms with Crippen molar-refractivity contribution in [3.63, 3.8) is 0 Å². The summed E-state index contributed by atoms with van der Waals surface area (Å²) in [4.78, 5) is 0. The number of anilines is 1. The zero-order valence-electron chi connectivity index (χ0n) is 5.86. The van der Waals surface area contributed by atoms with Crippen molar-refractivity contribution in [1.29, 1.82) is 0 Å². The molecule has 0 aromatic heterocycles. The first-order valence-electron chi connectivity index (χ1n) is 2.97. The molecule has 0 aliphatic rings. The van der Waals surface area contributed by atoms with Gasteiger partial charge in [0.05, 0.1) is 0 Å². The molecule has 60 valence electrons. The number of phenols is 1. The highest BCUT2D eigenvalue weighted by Crippen LogP contribution is 2.26. The second-order valence-corrected chi connectivity index (χ2v) is 2.23. The number of halogens is 2. The van der Waals surface area contributed by atoms with Crippen molar-refractivity contribution in [2.24, 2.45) is 0 Å². The molecule has 0 radical (unpaired) electrons. The van der Waals surface area contributed by atoms with Crippen LogP contribution in [0.4, 0.5) is 14.5 Å². The van der Waals surface area contributed by atoms with E-state index in [2.05, 4.69) is 0 Å². The highest BCUT2D eigenvalue weighted by molar-refractivity contribution is 5.49. The lowest BCUT2D eigenvalue weighted by Crippen LogP contribution is -1.97. The van der Waals surface area contributed by atoms with E-state index < -0.39 is 23.1 Å². The summed E-state index contributed by atoms with van der Waals surface area (Å²) in [6, 6.07) is 0.785. The van der Waals surface area contributed by atoms with Gasteiger partial charge >= 0.3 is 0 Å². The second kappa shape index (κ2) is 2.38. The maximum absolute atomic E-state index is 12.7. The van der Waals surface area contributed by atoms with Crippen LogP contribution in [-0.4, -0.2) is 5.11 Å². The molecule has 0 aliphatic heterocycles. The maximum Gasteiger partial charge on any atom is 0.155 e. The molecular formula is C7H7F2NO. The Hall–Kier alpha value is -1.32. The smallest absolute Gasteiger partial charge is 0.155 e. The van der Waals surface area contributed by atoms with E-state index >= 15 is 0 Å². The first kappa shape index (κ1) is 7.78. The van der Waals surface area contributed by atoms with Gasteiger partial charge in [-0.2, -0.15) is 0 Å². The summed E-state index contributed by atoms with van der Waals surface area (Å²) in [6.45, 7) is 1.32. The van der Waals surface area contributed by atoms with E-state index in [1.807, 2.05) is 0 Å². The molecule has 0 fully saturated rings. The lowest BCUT2D eigenvalue weighted by atomic mass is 10.2. The van der Waals surface area contributed by atoms with Gasteiger partial charge < -0.3 is 10.8 Å². The number of nitrogens with two attached hydrogens (primary N) is 1. The van der Waals surface area contributed by atoms with Crippen molar-refractivity contribution in [1.82, 2.24) is 0 Å². The summed E-state index contributed by atoms with van der Waals surface area (Å²) in [7, 11) is 0. The maximum atomic E-state index is 12.7. The van der Waals surface area contributed by atoms with Gasteiger partial charge in [0.25, 0.3) is 0 Å². The van der Waals surface area contributed by atoms with Gasteiger partial charge in [0, 0.05) is 11.6 Å². The molecule has 0 saturated carbocycles. The molecule has 0 unspecified atom stereocenters. The van der Waals surface area contributed by atoms with Gasteiger partial charge in [-0.1, -0.05) is 0 Å². The highest BCUT2D eigenvalue weighted by atomic mass is 19.1. The van der Waals surface area contributed by atoms with Gasteiger partial charge in [-0.25, -0.2) is 8.78 Å². The van der Waals surface area contributed by atoms with Gasteiger partial charge in [-0.15, -0.1) is 0 Å². The Morgan fingerprint density at radius 1 is 1.45 bits per heavy atom. The Bertz CT molecular complexity index is 273. The van der Waals surface area contributed by atoms with Gasteiger partial charge in [0.15, 0.2) is 11.6 Å². The van der Waals surface area contributed by atoms with Crippen LogP contribution < -0.4 is 5.73 Å². The molecule has 0 saturated heterocycles. The average Bonchev–Trinajstić information content (AvgIpc) is 1.97. The Morgan fingerprint density at radius 2 is 2.00 bits per heavy atom. The average molecular weight is 159 g/mol. The minimum Gasteiger partial charge on any atom is -0.507 e. The van der Waals surface area contributed by atoms with E-state index in [0.29, 0.717) is 0 Å². The zero-order valence-corrected chi connectivity index (χ0v) is 5.86. The van der Waals surface area contributed by atoms with Crippen molar-refractivity contribution in [3.8, 4) is 5.75 Å². The predicted octanol–water partition coefficient (Wildman–Crippen LogP) is 1.56. The molecule has 11 heavy (non-hydrogen) atoms. The van der Waals surface area contributed by atoms with E-state index in [-0.39, 0.29) is 5.56 Å². The molecule has 0 aliphatic carbocycles. The summed E-state index contributed by atoms with van der Waals surface area (Å²) in [5, 5.41) is 8.87. The van der Waals surface area contributed by atoms with Crippen LogP contribution in [0.2, 0.25) is 0 Å². The molecule has 0 heterocycles. The monoisotopic (exact) mass is 159 g/mol. The van der Waals surface area contributed by atoms with Crippen molar-refractivity contribution in [3.05, 3.63) is 23.3 Å². The summed E-state index contributed by atoms with van der Waals surface area (Å²) >= 11 is 0. The van der Waals surface area contributed by atoms with E-state index in [9.17, 15) is 8.78 Å². The lowest BCUT2D eigenvalue weighted by Gasteiger charge is -2.03. The quantitative estimate of drug-likeness (QED) is 0.445. The van der Waals surface area contributed by atoms with Gasteiger partial charge in [-0.3, -0.25) is 0 Å². The van der Waals surface area contributed by atoms with Gasteiger partial charge in [0.2, 0.25) is 0 Å². The number of benzene rings is 1. The Morgan fingerprint density at radius 3 is 2.55 bits per heavy atom. The lowest BCUT2D eigenvalue weighted by molar-refractivity contribution is 0.455. The minimum atomic E-state index is -0.939. The minimum absolute atomic E-state index is 0.0381. The molecule has 4 heteroatoms. The molecule has 1 aromatic rings.